The standard InChI is InChI=1S/C24H22N6OS/c1-15(2)16-5-7-17(8-6-16)22-19(12-25)23(27)30-24(20(22)13-26)32-11-9-21(31)29-18-4-3-10-28-14-18/h3-8,10,14-15H,9,11H2,1-2H3,(H2,27,30)(H,29,31). The van der Waals surface area contributed by atoms with E-state index in [1.165, 1.54) is 11.8 Å². The second-order valence-corrected chi connectivity index (χ2v) is 8.40. The van der Waals surface area contributed by atoms with Gasteiger partial charge in [0.2, 0.25) is 5.91 Å². The van der Waals surface area contributed by atoms with Crippen LogP contribution in [0.25, 0.3) is 11.1 Å². The van der Waals surface area contributed by atoms with Gasteiger partial charge in [-0.15, -0.1) is 11.8 Å². The molecule has 0 unspecified atom stereocenters. The fourth-order valence-corrected chi connectivity index (χ4v) is 4.06. The highest BCUT2D eigenvalue weighted by Crippen LogP contribution is 2.36. The molecule has 2 aromatic heterocycles. The Labute approximate surface area is 191 Å². The summed E-state index contributed by atoms with van der Waals surface area (Å²) in [6.45, 7) is 4.19. The van der Waals surface area contributed by atoms with E-state index in [-0.39, 0.29) is 29.3 Å². The summed E-state index contributed by atoms with van der Waals surface area (Å²) in [5, 5.41) is 22.7. The second kappa shape index (κ2) is 10.4. The topological polar surface area (TPSA) is 128 Å². The van der Waals surface area contributed by atoms with Gasteiger partial charge in [-0.05, 0) is 29.2 Å². The number of hydrogen-bond donors (Lipinski definition) is 2. The van der Waals surface area contributed by atoms with Crippen LogP contribution in [-0.2, 0) is 4.79 Å². The Morgan fingerprint density at radius 1 is 1.16 bits per heavy atom. The molecular weight excluding hydrogens is 420 g/mol. The highest BCUT2D eigenvalue weighted by Gasteiger charge is 2.21. The molecule has 0 bridgehead atoms. The Morgan fingerprint density at radius 3 is 2.47 bits per heavy atom. The number of carbonyl (C=O) groups excluding carboxylic acids is 1. The van der Waals surface area contributed by atoms with E-state index in [4.69, 9.17) is 5.73 Å². The predicted octanol–water partition coefficient (Wildman–Crippen LogP) is 4.71. The number of nitrogens with zero attached hydrogens (tertiary/aromatic N) is 4. The number of rotatable bonds is 7. The molecule has 0 aliphatic heterocycles. The molecule has 0 fully saturated rings. The molecule has 0 radical (unpaired) electrons. The van der Waals surface area contributed by atoms with Crippen molar-refractivity contribution in [2.45, 2.75) is 31.2 Å². The van der Waals surface area contributed by atoms with Gasteiger partial charge < -0.3 is 11.1 Å². The smallest absolute Gasteiger partial charge is 0.225 e. The van der Waals surface area contributed by atoms with Crippen LogP contribution in [0.4, 0.5) is 11.5 Å². The van der Waals surface area contributed by atoms with Gasteiger partial charge in [-0.25, -0.2) is 4.98 Å². The highest BCUT2D eigenvalue weighted by atomic mass is 32.2. The van der Waals surface area contributed by atoms with Gasteiger partial charge >= 0.3 is 0 Å². The first-order valence-electron chi connectivity index (χ1n) is 10.0. The first kappa shape index (κ1) is 22.8. The van der Waals surface area contributed by atoms with E-state index in [1.54, 1.807) is 24.5 Å². The lowest BCUT2D eigenvalue weighted by Crippen LogP contribution is -2.12. The largest absolute Gasteiger partial charge is 0.383 e. The summed E-state index contributed by atoms with van der Waals surface area (Å²) in [4.78, 5) is 20.4. The van der Waals surface area contributed by atoms with Crippen molar-refractivity contribution in [3.63, 3.8) is 0 Å². The predicted molar refractivity (Wildman–Crippen MR) is 126 cm³/mol. The maximum absolute atomic E-state index is 12.2. The van der Waals surface area contributed by atoms with Crippen LogP contribution in [-0.4, -0.2) is 21.6 Å². The number of nitrogens with one attached hydrogen (secondary N) is 1. The molecule has 3 N–H and O–H groups in total. The summed E-state index contributed by atoms with van der Waals surface area (Å²) < 4.78 is 0. The Morgan fingerprint density at radius 2 is 1.88 bits per heavy atom. The maximum atomic E-state index is 12.2. The Bertz CT molecular complexity index is 1190. The fourth-order valence-electron chi connectivity index (χ4n) is 3.13. The second-order valence-electron chi connectivity index (χ2n) is 7.32. The summed E-state index contributed by atoms with van der Waals surface area (Å²) in [5.74, 6) is 0.651. The molecule has 160 valence electrons. The number of nitrogen functional groups attached to an aromatic ring is 1. The van der Waals surface area contributed by atoms with Crippen LogP contribution in [0, 0.1) is 22.7 Å². The van der Waals surface area contributed by atoms with Gasteiger partial charge in [0.15, 0.2) is 0 Å². The molecule has 0 saturated heterocycles. The van der Waals surface area contributed by atoms with Crippen molar-refractivity contribution in [3.8, 4) is 23.3 Å². The molecule has 8 heteroatoms. The number of thioether (sulfide) groups is 1. The molecule has 1 amide bonds. The van der Waals surface area contributed by atoms with Gasteiger partial charge in [-0.1, -0.05) is 38.1 Å². The zero-order valence-corrected chi connectivity index (χ0v) is 18.6. The van der Waals surface area contributed by atoms with E-state index in [2.05, 4.69) is 41.3 Å². The Kier molecular flexibility index (Phi) is 7.43. The molecular formula is C24H22N6OS. The van der Waals surface area contributed by atoms with E-state index < -0.39 is 0 Å². The minimum Gasteiger partial charge on any atom is -0.383 e. The molecule has 0 saturated carbocycles. The van der Waals surface area contributed by atoms with Crippen LogP contribution in [0.15, 0.2) is 53.8 Å². The number of nitriles is 2. The quantitative estimate of drug-likeness (QED) is 0.507. The third-order valence-electron chi connectivity index (χ3n) is 4.79. The summed E-state index contributed by atoms with van der Waals surface area (Å²) in [5.41, 5.74) is 9.50. The lowest BCUT2D eigenvalue weighted by atomic mass is 9.94. The number of amides is 1. The average molecular weight is 443 g/mol. The fraction of sp³-hybridized carbons (Fsp3) is 0.208. The van der Waals surface area contributed by atoms with Gasteiger partial charge in [-0.3, -0.25) is 9.78 Å². The number of anilines is 2. The molecule has 7 nitrogen and oxygen atoms in total. The van der Waals surface area contributed by atoms with Crippen LogP contribution < -0.4 is 11.1 Å². The summed E-state index contributed by atoms with van der Waals surface area (Å²) in [7, 11) is 0. The number of aromatic nitrogens is 2. The lowest BCUT2D eigenvalue weighted by molar-refractivity contribution is -0.115. The Balaban J connectivity index is 1.85. The Hall–Kier alpha value is -3.88. The molecule has 0 spiro atoms. The van der Waals surface area contributed by atoms with Crippen LogP contribution in [0.3, 0.4) is 0 Å². The minimum absolute atomic E-state index is 0.0664. The van der Waals surface area contributed by atoms with Gasteiger partial charge in [0.05, 0.1) is 17.4 Å². The maximum Gasteiger partial charge on any atom is 0.225 e. The molecule has 32 heavy (non-hydrogen) atoms. The van der Waals surface area contributed by atoms with E-state index in [0.717, 1.165) is 11.1 Å². The van der Waals surface area contributed by atoms with Crippen LogP contribution >= 0.6 is 11.8 Å². The molecule has 2 heterocycles. The number of benzene rings is 1. The van der Waals surface area contributed by atoms with Crippen molar-refractivity contribution >= 4 is 29.2 Å². The zero-order chi connectivity index (χ0) is 23.1. The van der Waals surface area contributed by atoms with Crippen molar-refractivity contribution in [1.29, 1.82) is 10.5 Å². The van der Waals surface area contributed by atoms with Crippen LogP contribution in [0.1, 0.15) is 42.9 Å². The van der Waals surface area contributed by atoms with Crippen molar-refractivity contribution in [1.82, 2.24) is 9.97 Å². The molecule has 1 aromatic carbocycles. The van der Waals surface area contributed by atoms with Gasteiger partial charge in [0.1, 0.15) is 28.5 Å². The summed E-state index contributed by atoms with van der Waals surface area (Å²) >= 11 is 1.26. The first-order valence-corrected chi connectivity index (χ1v) is 11.0. The van der Waals surface area contributed by atoms with Gasteiger partial charge in [-0.2, -0.15) is 10.5 Å². The highest BCUT2D eigenvalue weighted by molar-refractivity contribution is 7.99. The van der Waals surface area contributed by atoms with Gasteiger partial charge in [0.25, 0.3) is 0 Å². The molecule has 0 aliphatic carbocycles. The molecule has 0 aliphatic rings. The normalized spacial score (nSPS) is 10.4. The van der Waals surface area contributed by atoms with E-state index >= 15 is 0 Å². The minimum atomic E-state index is -0.171. The average Bonchev–Trinajstić information content (AvgIpc) is 2.79. The molecule has 3 rings (SSSR count). The van der Waals surface area contributed by atoms with Crippen molar-refractivity contribution in [2.24, 2.45) is 0 Å². The zero-order valence-electron chi connectivity index (χ0n) is 17.8. The monoisotopic (exact) mass is 442 g/mol. The number of hydrogen-bond acceptors (Lipinski definition) is 7. The lowest BCUT2D eigenvalue weighted by Gasteiger charge is -2.14. The number of nitrogens with two attached hydrogens (primary N) is 1. The van der Waals surface area contributed by atoms with E-state index in [9.17, 15) is 15.3 Å². The van der Waals surface area contributed by atoms with E-state index in [1.807, 2.05) is 24.3 Å². The van der Waals surface area contributed by atoms with Crippen LogP contribution in [0.2, 0.25) is 0 Å². The summed E-state index contributed by atoms with van der Waals surface area (Å²) in [6.07, 6.45) is 3.41. The third kappa shape index (κ3) is 5.23. The molecule has 0 atom stereocenters. The van der Waals surface area contributed by atoms with Gasteiger partial charge in [0, 0.05) is 23.9 Å². The first-order chi connectivity index (χ1) is 15.4. The van der Waals surface area contributed by atoms with Crippen molar-refractivity contribution < 1.29 is 4.79 Å². The third-order valence-corrected chi connectivity index (χ3v) is 5.77. The molecule has 3 aromatic rings. The van der Waals surface area contributed by atoms with E-state index in [0.29, 0.717) is 27.9 Å². The van der Waals surface area contributed by atoms with Crippen LogP contribution in [0.5, 0.6) is 0 Å². The number of carbonyl (C=O) groups is 1. The van der Waals surface area contributed by atoms with Crippen molar-refractivity contribution in [3.05, 3.63) is 65.5 Å². The SMILES string of the molecule is CC(C)c1ccc(-c2c(C#N)c(N)nc(SCCC(=O)Nc3cccnc3)c2C#N)cc1. The van der Waals surface area contributed by atoms with Crippen molar-refractivity contribution in [2.75, 3.05) is 16.8 Å². The summed E-state index contributed by atoms with van der Waals surface area (Å²) in [6, 6.07) is 15.5. The number of pyridine rings is 2.